The third kappa shape index (κ3) is 3.67. The number of aryl methyl sites for hydroxylation is 2. The highest BCUT2D eigenvalue weighted by atomic mass is 32.1. The molecule has 0 radical (unpaired) electrons. The summed E-state index contributed by atoms with van der Waals surface area (Å²) in [4.78, 5) is 23.7. The monoisotopic (exact) mass is 447 g/mol. The molecule has 3 heterocycles. The molecule has 1 N–H and O–H groups in total. The van der Waals surface area contributed by atoms with Crippen molar-refractivity contribution in [3.05, 3.63) is 76.0 Å². The fraction of sp³-hybridized carbons (Fsp3) is 0.0870. The van der Waals surface area contributed by atoms with E-state index in [2.05, 4.69) is 53.4 Å². The lowest BCUT2D eigenvalue weighted by Crippen LogP contribution is -2.09. The van der Waals surface area contributed by atoms with Crippen molar-refractivity contribution in [2.75, 3.05) is 5.32 Å². The summed E-state index contributed by atoms with van der Waals surface area (Å²) in [6.07, 6.45) is 0. The molecular formula is C23H17N3OS3. The second-order valence-electron chi connectivity index (χ2n) is 6.96. The number of fused-ring (bicyclic) bond motifs is 1. The van der Waals surface area contributed by atoms with Crippen molar-refractivity contribution in [3.8, 4) is 21.1 Å². The van der Waals surface area contributed by atoms with E-state index in [0.717, 1.165) is 31.4 Å². The van der Waals surface area contributed by atoms with Gasteiger partial charge in [0, 0.05) is 10.9 Å². The minimum Gasteiger partial charge on any atom is -0.297 e. The van der Waals surface area contributed by atoms with Gasteiger partial charge in [0.25, 0.3) is 5.91 Å². The molecular weight excluding hydrogens is 430 g/mol. The standard InChI is InChI=1S/C23H17N3OS3/c1-13-7-8-14(2)15(11-13)17-12-28-23(25-17)26-21(27)19-9-10-20(29-19)22-24-16-5-3-4-6-18(16)30-22/h3-12H,1-2H3,(H,25,26,27). The van der Waals surface area contributed by atoms with E-state index in [1.165, 1.54) is 33.8 Å². The molecule has 0 saturated carbocycles. The summed E-state index contributed by atoms with van der Waals surface area (Å²) in [6.45, 7) is 4.14. The smallest absolute Gasteiger partial charge is 0.267 e. The summed E-state index contributed by atoms with van der Waals surface area (Å²) in [5, 5.41) is 6.46. The molecule has 4 nitrogen and oxygen atoms in total. The number of thiophene rings is 1. The number of nitrogens with one attached hydrogen (secondary N) is 1. The second kappa shape index (κ2) is 7.75. The van der Waals surface area contributed by atoms with Crippen LogP contribution in [0.4, 0.5) is 5.13 Å². The Morgan fingerprint density at radius 1 is 0.967 bits per heavy atom. The number of hydrogen-bond donors (Lipinski definition) is 1. The number of thiazole rings is 2. The molecule has 30 heavy (non-hydrogen) atoms. The van der Waals surface area contributed by atoms with Crippen LogP contribution in [-0.2, 0) is 0 Å². The Hall–Kier alpha value is -2.87. The Morgan fingerprint density at radius 2 is 1.83 bits per heavy atom. The van der Waals surface area contributed by atoms with Gasteiger partial charge in [-0.25, -0.2) is 9.97 Å². The van der Waals surface area contributed by atoms with E-state index in [-0.39, 0.29) is 5.91 Å². The van der Waals surface area contributed by atoms with Crippen LogP contribution in [0.5, 0.6) is 0 Å². The molecule has 0 fully saturated rings. The predicted molar refractivity (Wildman–Crippen MR) is 128 cm³/mol. The van der Waals surface area contributed by atoms with E-state index >= 15 is 0 Å². The van der Waals surface area contributed by atoms with E-state index in [9.17, 15) is 4.79 Å². The molecule has 2 aromatic carbocycles. The van der Waals surface area contributed by atoms with Gasteiger partial charge in [0.2, 0.25) is 0 Å². The lowest BCUT2D eigenvalue weighted by atomic mass is 10.0. The second-order valence-corrected chi connectivity index (χ2v) is 9.93. The van der Waals surface area contributed by atoms with Gasteiger partial charge in [0.15, 0.2) is 5.13 Å². The number of aromatic nitrogens is 2. The van der Waals surface area contributed by atoms with Crippen molar-refractivity contribution in [1.82, 2.24) is 9.97 Å². The Labute approximate surface area is 185 Å². The quantitative estimate of drug-likeness (QED) is 0.322. The molecule has 5 aromatic rings. The number of carbonyl (C=O) groups is 1. The van der Waals surface area contributed by atoms with Crippen molar-refractivity contribution in [1.29, 1.82) is 0 Å². The first-order valence-electron chi connectivity index (χ1n) is 9.37. The molecule has 148 valence electrons. The molecule has 0 aliphatic heterocycles. The zero-order chi connectivity index (χ0) is 20.7. The summed E-state index contributed by atoms with van der Waals surface area (Å²) < 4.78 is 1.15. The molecule has 0 unspecified atom stereocenters. The number of benzene rings is 2. The van der Waals surface area contributed by atoms with E-state index in [4.69, 9.17) is 0 Å². The molecule has 3 aromatic heterocycles. The lowest BCUT2D eigenvalue weighted by Gasteiger charge is -2.03. The minimum atomic E-state index is -0.144. The van der Waals surface area contributed by atoms with Crippen LogP contribution in [0.2, 0.25) is 0 Å². The number of para-hydroxylation sites is 1. The molecule has 0 bridgehead atoms. The van der Waals surface area contributed by atoms with Crippen LogP contribution in [0.3, 0.4) is 0 Å². The largest absolute Gasteiger partial charge is 0.297 e. The topological polar surface area (TPSA) is 54.9 Å². The molecule has 0 atom stereocenters. The summed E-state index contributed by atoms with van der Waals surface area (Å²) >= 11 is 4.53. The summed E-state index contributed by atoms with van der Waals surface area (Å²) in [7, 11) is 0. The molecule has 0 aliphatic carbocycles. The van der Waals surface area contributed by atoms with E-state index in [1.807, 2.05) is 35.7 Å². The zero-order valence-corrected chi connectivity index (χ0v) is 18.8. The van der Waals surface area contributed by atoms with Gasteiger partial charge in [0.05, 0.1) is 25.7 Å². The third-order valence-electron chi connectivity index (χ3n) is 4.73. The van der Waals surface area contributed by atoms with E-state index in [0.29, 0.717) is 10.0 Å². The minimum absolute atomic E-state index is 0.144. The van der Waals surface area contributed by atoms with Crippen molar-refractivity contribution in [3.63, 3.8) is 0 Å². The molecule has 1 amide bonds. The highest BCUT2D eigenvalue weighted by Gasteiger charge is 2.15. The van der Waals surface area contributed by atoms with Gasteiger partial charge in [-0.1, -0.05) is 29.8 Å². The maximum Gasteiger partial charge on any atom is 0.267 e. The van der Waals surface area contributed by atoms with Gasteiger partial charge >= 0.3 is 0 Å². The molecule has 0 spiro atoms. The molecule has 5 rings (SSSR count). The van der Waals surface area contributed by atoms with Gasteiger partial charge in [-0.05, 0) is 49.7 Å². The number of nitrogens with zero attached hydrogens (tertiary/aromatic N) is 2. The van der Waals surface area contributed by atoms with Gasteiger partial charge in [-0.2, -0.15) is 0 Å². The van der Waals surface area contributed by atoms with Gasteiger partial charge in [0.1, 0.15) is 5.01 Å². The van der Waals surface area contributed by atoms with Gasteiger partial charge in [-0.3, -0.25) is 10.1 Å². The van der Waals surface area contributed by atoms with Crippen molar-refractivity contribution < 1.29 is 4.79 Å². The van der Waals surface area contributed by atoms with Crippen LogP contribution in [-0.4, -0.2) is 15.9 Å². The number of carbonyl (C=O) groups excluding carboxylic acids is 1. The van der Waals surface area contributed by atoms with Crippen molar-refractivity contribution in [2.24, 2.45) is 0 Å². The number of anilines is 1. The lowest BCUT2D eigenvalue weighted by molar-refractivity contribution is 0.103. The first kappa shape index (κ1) is 19.1. The number of hydrogen-bond acceptors (Lipinski definition) is 6. The fourth-order valence-electron chi connectivity index (χ4n) is 3.18. The maximum absolute atomic E-state index is 12.7. The van der Waals surface area contributed by atoms with Crippen molar-refractivity contribution >= 4 is 55.3 Å². The summed E-state index contributed by atoms with van der Waals surface area (Å²) in [5.74, 6) is -0.144. The fourth-order valence-corrected chi connectivity index (χ4v) is 5.81. The summed E-state index contributed by atoms with van der Waals surface area (Å²) in [6, 6.07) is 18.2. The molecule has 0 aliphatic rings. The van der Waals surface area contributed by atoms with Gasteiger partial charge < -0.3 is 0 Å². The first-order valence-corrected chi connectivity index (χ1v) is 11.9. The van der Waals surface area contributed by atoms with Crippen LogP contribution < -0.4 is 5.32 Å². The number of rotatable bonds is 4. The van der Waals surface area contributed by atoms with Gasteiger partial charge in [-0.15, -0.1) is 34.0 Å². The Bertz CT molecular complexity index is 1350. The Morgan fingerprint density at radius 3 is 2.70 bits per heavy atom. The van der Waals surface area contributed by atoms with Crippen molar-refractivity contribution in [2.45, 2.75) is 13.8 Å². The van der Waals surface area contributed by atoms with Crippen LogP contribution in [0.1, 0.15) is 20.8 Å². The SMILES string of the molecule is Cc1ccc(C)c(-c2csc(NC(=O)c3ccc(-c4nc5ccccc5s4)s3)n2)c1. The molecule has 7 heteroatoms. The highest BCUT2D eigenvalue weighted by molar-refractivity contribution is 7.26. The molecule has 0 saturated heterocycles. The zero-order valence-electron chi connectivity index (χ0n) is 16.3. The van der Waals surface area contributed by atoms with E-state index < -0.39 is 0 Å². The normalized spacial score (nSPS) is 11.1. The predicted octanol–water partition coefficient (Wildman–Crippen LogP) is 7.02. The van der Waals surface area contributed by atoms with Crippen LogP contribution in [0.25, 0.3) is 31.4 Å². The summed E-state index contributed by atoms with van der Waals surface area (Å²) in [5.41, 5.74) is 5.33. The third-order valence-corrected chi connectivity index (χ3v) is 7.78. The Balaban J connectivity index is 1.35. The average Bonchev–Trinajstić information content (AvgIpc) is 3.48. The van der Waals surface area contributed by atoms with Crippen LogP contribution in [0, 0.1) is 13.8 Å². The van der Waals surface area contributed by atoms with Crippen LogP contribution in [0.15, 0.2) is 60.0 Å². The Kier molecular flexibility index (Phi) is 4.94. The average molecular weight is 448 g/mol. The van der Waals surface area contributed by atoms with E-state index in [1.54, 1.807) is 11.3 Å². The number of amides is 1. The first-order chi connectivity index (χ1) is 14.6. The van der Waals surface area contributed by atoms with Crippen LogP contribution >= 0.6 is 34.0 Å². The highest BCUT2D eigenvalue weighted by Crippen LogP contribution is 2.35. The maximum atomic E-state index is 12.7.